The second-order valence-corrected chi connectivity index (χ2v) is 7.26. The molecule has 0 N–H and O–H groups in total. The van der Waals surface area contributed by atoms with Crippen molar-refractivity contribution in [3.05, 3.63) is 10.6 Å². The summed E-state index contributed by atoms with van der Waals surface area (Å²) in [5.41, 5.74) is 0.889. The second-order valence-electron chi connectivity index (χ2n) is 6.28. The molecular formula is C16H25N3OS. The van der Waals surface area contributed by atoms with Crippen molar-refractivity contribution in [2.75, 3.05) is 31.1 Å². The van der Waals surface area contributed by atoms with Crippen LogP contribution in [0.3, 0.4) is 0 Å². The van der Waals surface area contributed by atoms with Gasteiger partial charge in [-0.1, -0.05) is 17.8 Å². The molecule has 2 fully saturated rings. The van der Waals surface area contributed by atoms with Gasteiger partial charge in [-0.3, -0.25) is 4.79 Å². The number of nitrogens with zero attached hydrogens (tertiary/aromatic N) is 3. The fourth-order valence-electron chi connectivity index (χ4n) is 3.55. The minimum Gasteiger partial charge on any atom is -0.348 e. The van der Waals surface area contributed by atoms with Gasteiger partial charge in [0.05, 0.1) is 10.6 Å². The second kappa shape index (κ2) is 6.44. The van der Waals surface area contributed by atoms with Crippen molar-refractivity contribution < 1.29 is 4.79 Å². The molecule has 0 spiro atoms. The lowest BCUT2D eigenvalue weighted by molar-refractivity contribution is 0.102. The van der Waals surface area contributed by atoms with Gasteiger partial charge in [0, 0.05) is 26.1 Å². The Morgan fingerprint density at radius 1 is 1.14 bits per heavy atom. The number of piperidine rings is 2. The van der Waals surface area contributed by atoms with E-state index < -0.39 is 0 Å². The van der Waals surface area contributed by atoms with E-state index in [4.69, 9.17) is 0 Å². The van der Waals surface area contributed by atoms with Crippen molar-refractivity contribution in [2.45, 2.75) is 52.0 Å². The predicted molar refractivity (Wildman–Crippen MR) is 87.5 cm³/mol. The molecule has 0 aromatic carbocycles. The smallest absolute Gasteiger partial charge is 0.186 e. The Labute approximate surface area is 131 Å². The van der Waals surface area contributed by atoms with Gasteiger partial charge in [-0.2, -0.15) is 0 Å². The topological polar surface area (TPSA) is 36.4 Å². The van der Waals surface area contributed by atoms with Gasteiger partial charge in [0.25, 0.3) is 0 Å². The highest BCUT2D eigenvalue weighted by molar-refractivity contribution is 7.17. The molecule has 0 amide bonds. The number of hydrogen-bond acceptors (Lipinski definition) is 5. The lowest BCUT2D eigenvalue weighted by Gasteiger charge is -2.40. The third-order valence-electron chi connectivity index (χ3n) is 4.75. The van der Waals surface area contributed by atoms with Crippen LogP contribution in [0.25, 0.3) is 0 Å². The van der Waals surface area contributed by atoms with Crippen LogP contribution in [0.2, 0.25) is 0 Å². The normalized spacial score (nSPS) is 21.7. The average Bonchev–Trinajstić information content (AvgIpc) is 2.90. The van der Waals surface area contributed by atoms with Crippen LogP contribution in [0, 0.1) is 6.92 Å². The van der Waals surface area contributed by atoms with E-state index >= 15 is 0 Å². The first-order valence-electron chi connectivity index (χ1n) is 8.12. The van der Waals surface area contributed by atoms with Gasteiger partial charge in [-0.05, 0) is 45.7 Å². The maximum atomic E-state index is 11.6. The van der Waals surface area contributed by atoms with E-state index in [1.54, 1.807) is 18.3 Å². The van der Waals surface area contributed by atoms with Gasteiger partial charge in [-0.15, -0.1) is 0 Å². The Kier molecular flexibility index (Phi) is 4.60. The minimum atomic E-state index is 0.138. The zero-order valence-corrected chi connectivity index (χ0v) is 13.9. The van der Waals surface area contributed by atoms with Crippen LogP contribution in [0.4, 0.5) is 5.13 Å². The molecule has 3 rings (SSSR count). The number of aryl methyl sites for hydroxylation is 1. The molecule has 2 saturated heterocycles. The number of aromatic nitrogens is 1. The van der Waals surface area contributed by atoms with Gasteiger partial charge < -0.3 is 9.80 Å². The van der Waals surface area contributed by atoms with E-state index in [-0.39, 0.29) is 5.78 Å². The Balaban J connectivity index is 1.60. The van der Waals surface area contributed by atoms with E-state index in [9.17, 15) is 4.79 Å². The quantitative estimate of drug-likeness (QED) is 0.804. The fraction of sp³-hybridized carbons (Fsp3) is 0.750. The summed E-state index contributed by atoms with van der Waals surface area (Å²) < 4.78 is 0. The molecule has 0 radical (unpaired) electrons. The number of thiazole rings is 1. The van der Waals surface area contributed by atoms with Crippen molar-refractivity contribution >= 4 is 22.3 Å². The molecule has 0 atom stereocenters. The first-order chi connectivity index (χ1) is 10.1. The Hall–Kier alpha value is -0.940. The molecule has 0 aliphatic carbocycles. The van der Waals surface area contributed by atoms with Gasteiger partial charge in [-0.25, -0.2) is 4.98 Å². The SMILES string of the molecule is CC(=O)c1sc(N2CCC(N3CCCCC3)CC2)nc1C. The molecule has 3 heterocycles. The first-order valence-corrected chi connectivity index (χ1v) is 8.94. The van der Waals surface area contributed by atoms with E-state index in [1.165, 1.54) is 45.2 Å². The van der Waals surface area contributed by atoms with Crippen molar-refractivity contribution in [2.24, 2.45) is 0 Å². The predicted octanol–water partition coefficient (Wildman–Crippen LogP) is 3.11. The molecule has 2 aliphatic rings. The zero-order chi connectivity index (χ0) is 14.8. The first kappa shape index (κ1) is 15.0. The average molecular weight is 307 g/mol. The molecule has 0 bridgehead atoms. The summed E-state index contributed by atoms with van der Waals surface area (Å²) in [7, 11) is 0. The number of carbonyl (C=O) groups excluding carboxylic acids is 1. The highest BCUT2D eigenvalue weighted by Crippen LogP contribution is 2.30. The summed E-state index contributed by atoms with van der Waals surface area (Å²) in [6.07, 6.45) is 6.60. The number of hydrogen-bond donors (Lipinski definition) is 0. The maximum absolute atomic E-state index is 11.6. The number of anilines is 1. The summed E-state index contributed by atoms with van der Waals surface area (Å²) in [6, 6.07) is 0.759. The van der Waals surface area contributed by atoms with Crippen molar-refractivity contribution in [1.29, 1.82) is 0 Å². The third kappa shape index (κ3) is 3.29. The van der Waals surface area contributed by atoms with Crippen molar-refractivity contribution in [3.8, 4) is 0 Å². The Morgan fingerprint density at radius 3 is 2.38 bits per heavy atom. The van der Waals surface area contributed by atoms with Crippen LogP contribution < -0.4 is 4.90 Å². The molecule has 1 aromatic heterocycles. The van der Waals surface area contributed by atoms with E-state index in [2.05, 4.69) is 14.8 Å². The minimum absolute atomic E-state index is 0.138. The molecule has 4 nitrogen and oxygen atoms in total. The van der Waals surface area contributed by atoms with E-state index in [0.717, 1.165) is 34.8 Å². The van der Waals surface area contributed by atoms with Gasteiger partial charge >= 0.3 is 0 Å². The summed E-state index contributed by atoms with van der Waals surface area (Å²) in [5, 5.41) is 1.04. The van der Waals surface area contributed by atoms with Gasteiger partial charge in [0.1, 0.15) is 0 Å². The monoisotopic (exact) mass is 307 g/mol. The van der Waals surface area contributed by atoms with Crippen LogP contribution in [0.1, 0.15) is 54.4 Å². The van der Waals surface area contributed by atoms with Crippen molar-refractivity contribution in [3.63, 3.8) is 0 Å². The molecule has 116 valence electrons. The number of likely N-dealkylation sites (tertiary alicyclic amines) is 1. The van der Waals surface area contributed by atoms with Crippen LogP contribution in [-0.2, 0) is 0 Å². The molecule has 0 saturated carbocycles. The van der Waals surface area contributed by atoms with E-state index in [0.29, 0.717) is 0 Å². The van der Waals surface area contributed by atoms with Crippen molar-refractivity contribution in [1.82, 2.24) is 9.88 Å². The summed E-state index contributed by atoms with van der Waals surface area (Å²) in [6.45, 7) is 8.30. The van der Waals surface area contributed by atoms with Crippen LogP contribution in [0.5, 0.6) is 0 Å². The fourth-order valence-corrected chi connectivity index (χ4v) is 4.56. The third-order valence-corrected chi connectivity index (χ3v) is 6.07. The molecule has 2 aliphatic heterocycles. The summed E-state index contributed by atoms with van der Waals surface area (Å²) in [5.74, 6) is 0.138. The van der Waals surface area contributed by atoms with Crippen LogP contribution >= 0.6 is 11.3 Å². The molecular weight excluding hydrogens is 282 g/mol. The van der Waals surface area contributed by atoms with Gasteiger partial charge in [0.2, 0.25) is 0 Å². The molecule has 1 aromatic rings. The number of Topliss-reactive ketones (excluding diaryl/α,β-unsaturated/α-hetero) is 1. The number of ketones is 1. The molecule has 21 heavy (non-hydrogen) atoms. The summed E-state index contributed by atoms with van der Waals surface area (Å²) in [4.78, 5) is 22.0. The lowest BCUT2D eigenvalue weighted by Crippen LogP contribution is -2.46. The number of rotatable bonds is 3. The van der Waals surface area contributed by atoms with Crippen LogP contribution in [-0.4, -0.2) is 47.9 Å². The van der Waals surface area contributed by atoms with Crippen LogP contribution in [0.15, 0.2) is 0 Å². The van der Waals surface area contributed by atoms with E-state index in [1.807, 2.05) is 6.92 Å². The number of carbonyl (C=O) groups is 1. The Bertz CT molecular complexity index is 500. The molecule has 0 unspecified atom stereocenters. The highest BCUT2D eigenvalue weighted by Gasteiger charge is 2.27. The molecule has 5 heteroatoms. The summed E-state index contributed by atoms with van der Waals surface area (Å²) >= 11 is 1.56. The highest BCUT2D eigenvalue weighted by atomic mass is 32.1. The zero-order valence-electron chi connectivity index (χ0n) is 13.1. The lowest BCUT2D eigenvalue weighted by atomic mass is 10.0. The largest absolute Gasteiger partial charge is 0.348 e. The standard InChI is InChI=1S/C16H25N3OS/c1-12-15(13(2)20)21-16(17-12)19-10-6-14(7-11-19)18-8-4-3-5-9-18/h14H,3-11H2,1-2H3. The maximum Gasteiger partial charge on any atom is 0.186 e. The van der Waals surface area contributed by atoms with Gasteiger partial charge in [0.15, 0.2) is 10.9 Å². The Morgan fingerprint density at radius 2 is 1.81 bits per heavy atom.